The molecule has 0 atom stereocenters. The first-order valence-electron chi connectivity index (χ1n) is 12.2. The van der Waals surface area contributed by atoms with E-state index in [1.807, 2.05) is 11.0 Å². The molecular weight excluding hydrogens is 432 g/mol. The van der Waals surface area contributed by atoms with Crippen molar-refractivity contribution in [2.24, 2.45) is 5.92 Å². The maximum Gasteiger partial charge on any atom is 0.258 e. The molecule has 178 valence electrons. The normalized spacial score (nSPS) is 19.1. The fourth-order valence-corrected chi connectivity index (χ4v) is 5.37. The summed E-state index contributed by atoms with van der Waals surface area (Å²) in [4.78, 5) is 17.6. The molecule has 0 aliphatic carbocycles. The van der Waals surface area contributed by atoms with Gasteiger partial charge in [-0.25, -0.2) is 0 Å². The van der Waals surface area contributed by atoms with Crippen LogP contribution >= 0.6 is 0 Å². The molecule has 6 rings (SSSR count). The second kappa shape index (κ2) is 8.92. The molecule has 2 saturated heterocycles. The minimum absolute atomic E-state index is 0.0104. The van der Waals surface area contributed by atoms with Gasteiger partial charge in [0.2, 0.25) is 0 Å². The minimum atomic E-state index is -0.151. The highest BCUT2D eigenvalue weighted by Crippen LogP contribution is 2.33. The summed E-state index contributed by atoms with van der Waals surface area (Å²) in [5, 5.41) is 19.1. The molecule has 0 radical (unpaired) electrons. The maximum atomic E-state index is 13.5. The summed E-state index contributed by atoms with van der Waals surface area (Å²) >= 11 is 0. The molecule has 2 N–H and O–H groups in total. The number of anilines is 1. The summed E-state index contributed by atoms with van der Waals surface area (Å²) in [5.41, 5.74) is 5.56. The number of ether oxygens (including phenoxy) is 2. The number of carbonyl (C=O) groups excluding carboxylic acids is 1. The van der Waals surface area contributed by atoms with Crippen molar-refractivity contribution >= 4 is 22.5 Å². The third-order valence-electron chi connectivity index (χ3n) is 7.39. The van der Waals surface area contributed by atoms with Crippen LogP contribution in [-0.4, -0.2) is 65.6 Å². The van der Waals surface area contributed by atoms with Gasteiger partial charge in [-0.15, -0.1) is 0 Å². The number of phenolic OH excluding ortho intramolecular Hbond substituents is 1. The van der Waals surface area contributed by atoms with Gasteiger partial charge in [-0.2, -0.15) is 5.10 Å². The van der Waals surface area contributed by atoms with Crippen molar-refractivity contribution in [1.82, 2.24) is 15.1 Å². The van der Waals surface area contributed by atoms with Crippen molar-refractivity contribution in [1.29, 1.82) is 0 Å². The molecule has 8 heteroatoms. The molecule has 0 unspecified atom stereocenters. The van der Waals surface area contributed by atoms with Gasteiger partial charge in [0.15, 0.2) is 0 Å². The van der Waals surface area contributed by atoms with E-state index < -0.39 is 0 Å². The Morgan fingerprint density at radius 2 is 1.79 bits per heavy atom. The van der Waals surface area contributed by atoms with Crippen molar-refractivity contribution < 1.29 is 19.4 Å². The fraction of sp³-hybridized carbons (Fsp3) is 0.462. The van der Waals surface area contributed by atoms with Crippen LogP contribution in [0.15, 0.2) is 30.3 Å². The van der Waals surface area contributed by atoms with Crippen LogP contribution in [0.25, 0.3) is 10.9 Å². The standard InChI is InChI=1S/C26H30N4O4/c31-25-14-24-21(23(27-28-24)11-17-3-7-33-8-4-17)13-22(25)26(32)30-15-18-1-2-20(12-19(18)16-30)29-5-9-34-10-6-29/h1-2,12-14,17,31H,3-11,15-16H2,(H,27,28). The first kappa shape index (κ1) is 21.4. The fourth-order valence-electron chi connectivity index (χ4n) is 5.37. The second-order valence-electron chi connectivity index (χ2n) is 9.56. The lowest BCUT2D eigenvalue weighted by Gasteiger charge is -2.29. The number of aromatic nitrogens is 2. The average Bonchev–Trinajstić information content (AvgIpc) is 3.47. The lowest BCUT2D eigenvalue weighted by Crippen LogP contribution is -2.36. The highest BCUT2D eigenvalue weighted by atomic mass is 16.5. The van der Waals surface area contributed by atoms with E-state index in [1.165, 1.54) is 11.3 Å². The number of nitrogens with zero attached hydrogens (tertiary/aromatic N) is 3. The summed E-state index contributed by atoms with van der Waals surface area (Å²) < 4.78 is 10.9. The SMILES string of the molecule is O=C(c1cc2c(CC3CCOCC3)n[nH]c2cc1O)N1Cc2ccc(N3CCOCC3)cc2C1. The quantitative estimate of drug-likeness (QED) is 0.619. The number of phenols is 1. The topological polar surface area (TPSA) is 90.9 Å². The molecule has 3 aliphatic rings. The Kier molecular flexibility index (Phi) is 5.63. The molecule has 0 saturated carbocycles. The Morgan fingerprint density at radius 1 is 1.03 bits per heavy atom. The molecule has 1 amide bonds. The smallest absolute Gasteiger partial charge is 0.258 e. The zero-order chi connectivity index (χ0) is 23.1. The van der Waals surface area contributed by atoms with E-state index in [0.717, 1.165) is 80.9 Å². The number of H-pyrrole nitrogens is 1. The minimum Gasteiger partial charge on any atom is -0.507 e. The first-order valence-corrected chi connectivity index (χ1v) is 12.2. The number of aromatic hydroxyl groups is 1. The number of hydrogen-bond donors (Lipinski definition) is 2. The molecule has 3 aromatic rings. The molecule has 4 heterocycles. The Labute approximate surface area is 198 Å². The van der Waals surface area contributed by atoms with Crippen LogP contribution in [0.5, 0.6) is 5.75 Å². The summed E-state index contributed by atoms with van der Waals surface area (Å²) in [6, 6.07) is 9.89. The van der Waals surface area contributed by atoms with Crippen LogP contribution in [0, 0.1) is 5.92 Å². The van der Waals surface area contributed by atoms with Crippen molar-refractivity contribution in [2.45, 2.75) is 32.4 Å². The lowest BCUT2D eigenvalue weighted by atomic mass is 9.93. The predicted molar refractivity (Wildman–Crippen MR) is 128 cm³/mol. The van der Waals surface area contributed by atoms with Gasteiger partial charge in [0.1, 0.15) is 5.75 Å². The zero-order valence-electron chi connectivity index (χ0n) is 19.3. The third kappa shape index (κ3) is 4.01. The van der Waals surface area contributed by atoms with Gasteiger partial charge in [0, 0.05) is 56.5 Å². The van der Waals surface area contributed by atoms with Crippen LogP contribution in [0.3, 0.4) is 0 Å². The highest BCUT2D eigenvalue weighted by Gasteiger charge is 2.28. The van der Waals surface area contributed by atoms with Crippen molar-refractivity contribution in [3.63, 3.8) is 0 Å². The Morgan fingerprint density at radius 3 is 2.62 bits per heavy atom. The van der Waals surface area contributed by atoms with E-state index >= 15 is 0 Å². The molecule has 2 aromatic carbocycles. The first-order chi connectivity index (χ1) is 16.7. The van der Waals surface area contributed by atoms with Gasteiger partial charge < -0.3 is 24.4 Å². The number of hydrogen-bond acceptors (Lipinski definition) is 6. The Bertz CT molecular complexity index is 1210. The van der Waals surface area contributed by atoms with E-state index in [-0.39, 0.29) is 11.7 Å². The second-order valence-corrected chi connectivity index (χ2v) is 9.56. The number of rotatable bonds is 4. The Balaban J connectivity index is 1.22. The van der Waals surface area contributed by atoms with Gasteiger partial charge in [-0.05, 0) is 54.5 Å². The van der Waals surface area contributed by atoms with E-state index in [4.69, 9.17) is 9.47 Å². The molecule has 3 aliphatic heterocycles. The van der Waals surface area contributed by atoms with E-state index in [9.17, 15) is 9.90 Å². The average molecular weight is 463 g/mol. The molecule has 0 bridgehead atoms. The third-order valence-corrected chi connectivity index (χ3v) is 7.39. The number of amides is 1. The van der Waals surface area contributed by atoms with E-state index in [2.05, 4.69) is 33.3 Å². The summed E-state index contributed by atoms with van der Waals surface area (Å²) in [7, 11) is 0. The van der Waals surface area contributed by atoms with Gasteiger partial charge in [0.05, 0.1) is 30.0 Å². The van der Waals surface area contributed by atoms with Crippen molar-refractivity contribution in [3.8, 4) is 5.75 Å². The van der Waals surface area contributed by atoms with Crippen molar-refractivity contribution in [2.75, 3.05) is 44.4 Å². The molecule has 8 nitrogen and oxygen atoms in total. The van der Waals surface area contributed by atoms with Crippen LogP contribution < -0.4 is 4.90 Å². The number of aromatic amines is 1. The van der Waals surface area contributed by atoms with Gasteiger partial charge >= 0.3 is 0 Å². The van der Waals surface area contributed by atoms with Gasteiger partial charge in [-0.3, -0.25) is 9.89 Å². The van der Waals surface area contributed by atoms with E-state index in [1.54, 1.807) is 6.07 Å². The molecule has 34 heavy (non-hydrogen) atoms. The number of benzene rings is 2. The number of fused-ring (bicyclic) bond motifs is 2. The lowest BCUT2D eigenvalue weighted by molar-refractivity contribution is 0.0663. The predicted octanol–water partition coefficient (Wildman–Crippen LogP) is 3.23. The molecule has 2 fully saturated rings. The van der Waals surface area contributed by atoms with Crippen LogP contribution in [0.2, 0.25) is 0 Å². The maximum absolute atomic E-state index is 13.5. The summed E-state index contributed by atoms with van der Waals surface area (Å²) in [5.74, 6) is 0.368. The van der Waals surface area contributed by atoms with Crippen LogP contribution in [0.4, 0.5) is 5.69 Å². The van der Waals surface area contributed by atoms with Gasteiger partial charge in [-0.1, -0.05) is 6.07 Å². The van der Waals surface area contributed by atoms with Crippen LogP contribution in [-0.2, 0) is 29.0 Å². The summed E-state index contributed by atoms with van der Waals surface area (Å²) in [6.45, 7) is 5.94. The van der Waals surface area contributed by atoms with Crippen molar-refractivity contribution in [3.05, 3.63) is 52.7 Å². The molecule has 0 spiro atoms. The number of nitrogens with one attached hydrogen (secondary N) is 1. The molecule has 1 aromatic heterocycles. The van der Waals surface area contributed by atoms with Crippen LogP contribution in [0.1, 0.15) is 40.0 Å². The molecular formula is C26H30N4O4. The van der Waals surface area contributed by atoms with E-state index in [0.29, 0.717) is 24.6 Å². The summed E-state index contributed by atoms with van der Waals surface area (Å²) in [6.07, 6.45) is 2.90. The largest absolute Gasteiger partial charge is 0.507 e. The zero-order valence-corrected chi connectivity index (χ0v) is 19.3. The highest BCUT2D eigenvalue weighted by molar-refractivity contribution is 6.01. The van der Waals surface area contributed by atoms with Gasteiger partial charge in [0.25, 0.3) is 5.91 Å². The monoisotopic (exact) mass is 462 g/mol. The number of morpholine rings is 1. The number of carbonyl (C=O) groups is 1. The Hall–Kier alpha value is -3.10.